The maximum Gasteiger partial charge on any atom is 0.213 e. The quantitative estimate of drug-likeness (QED) is 0.788. The van der Waals surface area contributed by atoms with E-state index < -0.39 is 0 Å². The van der Waals surface area contributed by atoms with Gasteiger partial charge >= 0.3 is 0 Å². The highest BCUT2D eigenvalue weighted by molar-refractivity contribution is 5.65. The molecule has 0 spiro atoms. The van der Waals surface area contributed by atoms with Crippen LogP contribution in [-0.4, -0.2) is 22.3 Å². The predicted octanol–water partition coefficient (Wildman–Crippen LogP) is 3.07. The third-order valence-electron chi connectivity index (χ3n) is 3.21. The second-order valence-electron chi connectivity index (χ2n) is 4.48. The zero-order valence-corrected chi connectivity index (χ0v) is 11.2. The Morgan fingerprint density at radius 1 is 1.05 bits per heavy atom. The summed E-state index contributed by atoms with van der Waals surface area (Å²) < 4.78 is 5.39. The lowest BCUT2D eigenvalue weighted by Crippen LogP contribution is -1.93. The van der Waals surface area contributed by atoms with E-state index in [0.717, 1.165) is 23.2 Å². The normalized spacial score (nSPS) is 10.4. The molecule has 0 amide bonds. The van der Waals surface area contributed by atoms with Crippen molar-refractivity contribution in [2.45, 2.75) is 6.42 Å². The molecule has 0 fully saturated rings. The fourth-order valence-corrected chi connectivity index (χ4v) is 2.23. The van der Waals surface area contributed by atoms with Gasteiger partial charge in [0.05, 0.1) is 12.8 Å². The summed E-state index contributed by atoms with van der Waals surface area (Å²) in [5, 5.41) is 7.33. The van der Waals surface area contributed by atoms with Crippen LogP contribution in [0.1, 0.15) is 11.1 Å². The van der Waals surface area contributed by atoms with Crippen molar-refractivity contribution >= 4 is 0 Å². The van der Waals surface area contributed by atoms with Gasteiger partial charge in [0, 0.05) is 29.9 Å². The highest BCUT2D eigenvalue weighted by Crippen LogP contribution is 2.29. The lowest BCUT2D eigenvalue weighted by molar-refractivity contribution is 0.393. The number of H-pyrrole nitrogens is 1. The fraction of sp³-hybridized carbons (Fsp3) is 0.125. The molecule has 4 heteroatoms. The molecule has 3 aromatic rings. The summed E-state index contributed by atoms with van der Waals surface area (Å²) in [6.45, 7) is 0. The fourth-order valence-electron chi connectivity index (χ4n) is 2.23. The van der Waals surface area contributed by atoms with Crippen molar-refractivity contribution in [1.82, 2.24) is 15.2 Å². The highest BCUT2D eigenvalue weighted by Gasteiger charge is 2.15. The van der Waals surface area contributed by atoms with E-state index in [-0.39, 0.29) is 0 Å². The average molecular weight is 265 g/mol. The molecule has 100 valence electrons. The van der Waals surface area contributed by atoms with E-state index in [9.17, 15) is 0 Å². The SMILES string of the molecule is COc1[nH]nc(-c2ccncc2)c1Cc1ccccc1. The van der Waals surface area contributed by atoms with Crippen LogP contribution in [0.4, 0.5) is 0 Å². The van der Waals surface area contributed by atoms with Crippen LogP contribution in [0.15, 0.2) is 54.9 Å². The molecule has 2 aromatic heterocycles. The Bertz CT molecular complexity index is 677. The molecule has 0 bridgehead atoms. The Hall–Kier alpha value is -2.62. The van der Waals surface area contributed by atoms with Gasteiger partial charge in [0.15, 0.2) is 0 Å². The van der Waals surface area contributed by atoms with Crippen LogP contribution in [0.3, 0.4) is 0 Å². The van der Waals surface area contributed by atoms with Crippen molar-refractivity contribution in [3.8, 4) is 17.1 Å². The maximum atomic E-state index is 5.39. The largest absolute Gasteiger partial charge is 0.481 e. The van der Waals surface area contributed by atoms with Crippen molar-refractivity contribution < 1.29 is 4.74 Å². The third kappa shape index (κ3) is 2.40. The number of rotatable bonds is 4. The first kappa shape index (κ1) is 12.4. The number of pyridine rings is 1. The summed E-state index contributed by atoms with van der Waals surface area (Å²) in [6, 6.07) is 14.2. The minimum atomic E-state index is 0.709. The molecule has 3 rings (SSSR count). The van der Waals surface area contributed by atoms with Crippen LogP contribution in [0.25, 0.3) is 11.3 Å². The molecule has 0 atom stereocenters. The standard InChI is InChI=1S/C16H15N3O/c1-20-16-14(11-12-5-3-2-4-6-12)15(18-19-16)13-7-9-17-10-8-13/h2-10H,11H2,1H3,(H,18,19). The second-order valence-corrected chi connectivity index (χ2v) is 4.48. The van der Waals surface area contributed by atoms with Crippen molar-refractivity contribution in [1.29, 1.82) is 0 Å². The minimum Gasteiger partial charge on any atom is -0.481 e. The van der Waals surface area contributed by atoms with Crippen LogP contribution in [0.5, 0.6) is 5.88 Å². The summed E-state index contributed by atoms with van der Waals surface area (Å²) in [5.41, 5.74) is 4.23. The van der Waals surface area contributed by atoms with E-state index in [1.54, 1.807) is 19.5 Å². The van der Waals surface area contributed by atoms with E-state index >= 15 is 0 Å². The highest BCUT2D eigenvalue weighted by atomic mass is 16.5. The van der Waals surface area contributed by atoms with Crippen LogP contribution in [-0.2, 0) is 6.42 Å². The van der Waals surface area contributed by atoms with Gasteiger partial charge in [-0.15, -0.1) is 0 Å². The molecule has 0 aliphatic carbocycles. The van der Waals surface area contributed by atoms with Gasteiger partial charge in [-0.3, -0.25) is 4.98 Å². The molecule has 0 unspecified atom stereocenters. The van der Waals surface area contributed by atoms with Crippen molar-refractivity contribution in [2.75, 3.05) is 7.11 Å². The zero-order chi connectivity index (χ0) is 13.8. The minimum absolute atomic E-state index is 0.709. The summed E-state index contributed by atoms with van der Waals surface area (Å²) in [6.07, 6.45) is 4.31. The van der Waals surface area contributed by atoms with Crippen LogP contribution < -0.4 is 4.74 Å². The van der Waals surface area contributed by atoms with Crippen molar-refractivity contribution in [3.05, 3.63) is 66.0 Å². The van der Waals surface area contributed by atoms with Gasteiger partial charge in [0.25, 0.3) is 0 Å². The third-order valence-corrected chi connectivity index (χ3v) is 3.21. The lowest BCUT2D eigenvalue weighted by atomic mass is 10.0. The van der Waals surface area contributed by atoms with Gasteiger partial charge < -0.3 is 4.74 Å². The Morgan fingerprint density at radius 3 is 2.50 bits per heavy atom. The number of nitrogens with one attached hydrogen (secondary N) is 1. The molecule has 0 saturated heterocycles. The molecular formula is C16H15N3O. The van der Waals surface area contributed by atoms with Gasteiger partial charge in [-0.2, -0.15) is 5.10 Å². The molecule has 0 aliphatic heterocycles. The number of hydrogen-bond donors (Lipinski definition) is 1. The van der Waals surface area contributed by atoms with Gasteiger partial charge in [0.1, 0.15) is 0 Å². The number of ether oxygens (including phenoxy) is 1. The first-order valence-corrected chi connectivity index (χ1v) is 6.44. The van der Waals surface area contributed by atoms with Gasteiger partial charge in [-0.1, -0.05) is 30.3 Å². The van der Waals surface area contributed by atoms with E-state index in [1.807, 2.05) is 30.3 Å². The summed E-state index contributed by atoms with van der Waals surface area (Å²) >= 11 is 0. The van der Waals surface area contributed by atoms with Crippen LogP contribution in [0.2, 0.25) is 0 Å². The van der Waals surface area contributed by atoms with Crippen LogP contribution in [0, 0.1) is 0 Å². The average Bonchev–Trinajstić information content (AvgIpc) is 2.92. The molecule has 0 aliphatic rings. The summed E-state index contributed by atoms with van der Waals surface area (Å²) in [4.78, 5) is 4.04. The first-order chi connectivity index (χ1) is 9.88. The van der Waals surface area contributed by atoms with Crippen molar-refractivity contribution in [3.63, 3.8) is 0 Å². The van der Waals surface area contributed by atoms with E-state index in [1.165, 1.54) is 5.56 Å². The van der Waals surface area contributed by atoms with E-state index in [4.69, 9.17) is 4.74 Å². The predicted molar refractivity (Wildman–Crippen MR) is 77.6 cm³/mol. The number of aromatic nitrogens is 3. The first-order valence-electron chi connectivity index (χ1n) is 6.44. The lowest BCUT2D eigenvalue weighted by Gasteiger charge is -2.05. The number of nitrogens with zero attached hydrogens (tertiary/aromatic N) is 2. The summed E-state index contributed by atoms with van der Waals surface area (Å²) in [5.74, 6) is 0.709. The molecular weight excluding hydrogens is 250 g/mol. The topological polar surface area (TPSA) is 50.8 Å². The van der Waals surface area contributed by atoms with E-state index in [0.29, 0.717) is 5.88 Å². The molecule has 4 nitrogen and oxygen atoms in total. The molecule has 2 heterocycles. The number of methoxy groups -OCH3 is 1. The number of hydrogen-bond acceptors (Lipinski definition) is 3. The maximum absolute atomic E-state index is 5.39. The smallest absolute Gasteiger partial charge is 0.213 e. The Balaban J connectivity index is 2.02. The Morgan fingerprint density at radius 2 is 1.80 bits per heavy atom. The second kappa shape index (κ2) is 5.57. The van der Waals surface area contributed by atoms with Gasteiger partial charge in [-0.25, -0.2) is 5.10 Å². The monoisotopic (exact) mass is 265 g/mol. The molecule has 20 heavy (non-hydrogen) atoms. The molecule has 0 saturated carbocycles. The summed E-state index contributed by atoms with van der Waals surface area (Å²) in [7, 11) is 1.65. The van der Waals surface area contributed by atoms with Gasteiger partial charge in [0.2, 0.25) is 5.88 Å². The number of benzene rings is 1. The molecule has 0 radical (unpaired) electrons. The zero-order valence-electron chi connectivity index (χ0n) is 11.2. The Labute approximate surface area is 117 Å². The van der Waals surface area contributed by atoms with Crippen LogP contribution >= 0.6 is 0 Å². The molecule has 1 aromatic carbocycles. The number of aromatic amines is 1. The Kier molecular flexibility index (Phi) is 3.46. The van der Waals surface area contributed by atoms with Gasteiger partial charge in [-0.05, 0) is 17.7 Å². The van der Waals surface area contributed by atoms with E-state index in [2.05, 4.69) is 27.3 Å². The molecule has 1 N–H and O–H groups in total. The van der Waals surface area contributed by atoms with Crippen molar-refractivity contribution in [2.24, 2.45) is 0 Å².